The van der Waals surface area contributed by atoms with E-state index in [0.717, 1.165) is 16.3 Å². The summed E-state index contributed by atoms with van der Waals surface area (Å²) in [6.45, 7) is 4.11. The van der Waals surface area contributed by atoms with E-state index in [0.29, 0.717) is 12.0 Å². The van der Waals surface area contributed by atoms with Gasteiger partial charge in [-0.25, -0.2) is 0 Å². The first-order valence-electron chi connectivity index (χ1n) is 7.06. The van der Waals surface area contributed by atoms with Crippen LogP contribution in [-0.2, 0) is 6.42 Å². The highest BCUT2D eigenvalue weighted by atomic mass is 16.1. The maximum absolute atomic E-state index is 12.6. The van der Waals surface area contributed by atoms with Crippen LogP contribution in [0.1, 0.15) is 27.0 Å². The van der Waals surface area contributed by atoms with Crippen LogP contribution in [0.25, 0.3) is 10.8 Å². The Kier molecular flexibility index (Phi) is 3.53. The van der Waals surface area contributed by atoms with Crippen LogP contribution in [0.4, 0.5) is 0 Å². The lowest BCUT2D eigenvalue weighted by Gasteiger charge is -2.07. The van der Waals surface area contributed by atoms with Gasteiger partial charge in [0.05, 0.1) is 0 Å². The number of hydrogen-bond donors (Lipinski definition) is 0. The summed E-state index contributed by atoms with van der Waals surface area (Å²) in [5.41, 5.74) is 4.14. The molecule has 0 aliphatic rings. The SMILES string of the molecule is Cc1cc(C)cc(CC(=O)c2cncc3ccccc23)c1. The number of aromatic nitrogens is 1. The molecular weight excluding hydrogens is 258 g/mol. The number of aryl methyl sites for hydroxylation is 2. The van der Waals surface area contributed by atoms with Crippen molar-refractivity contribution in [2.24, 2.45) is 0 Å². The van der Waals surface area contributed by atoms with Crippen molar-refractivity contribution in [3.8, 4) is 0 Å². The minimum Gasteiger partial charge on any atom is -0.294 e. The summed E-state index contributed by atoms with van der Waals surface area (Å²) < 4.78 is 0. The number of pyridine rings is 1. The van der Waals surface area contributed by atoms with Crippen molar-refractivity contribution in [3.05, 3.63) is 77.1 Å². The Labute approximate surface area is 124 Å². The van der Waals surface area contributed by atoms with Crippen LogP contribution in [0.3, 0.4) is 0 Å². The molecule has 2 aromatic carbocycles. The zero-order valence-corrected chi connectivity index (χ0v) is 12.3. The first-order chi connectivity index (χ1) is 10.1. The second-order valence-electron chi connectivity index (χ2n) is 5.50. The van der Waals surface area contributed by atoms with Crippen LogP contribution in [-0.4, -0.2) is 10.8 Å². The average molecular weight is 275 g/mol. The van der Waals surface area contributed by atoms with Crippen molar-refractivity contribution >= 4 is 16.6 Å². The van der Waals surface area contributed by atoms with E-state index in [1.165, 1.54) is 11.1 Å². The van der Waals surface area contributed by atoms with Gasteiger partial charge in [0.1, 0.15) is 0 Å². The van der Waals surface area contributed by atoms with E-state index in [-0.39, 0.29) is 5.78 Å². The maximum Gasteiger partial charge on any atom is 0.169 e. The zero-order chi connectivity index (χ0) is 14.8. The molecule has 0 bridgehead atoms. The molecule has 0 amide bonds. The maximum atomic E-state index is 12.6. The predicted octanol–water partition coefficient (Wildman–Crippen LogP) is 4.28. The highest BCUT2D eigenvalue weighted by molar-refractivity contribution is 6.08. The molecule has 2 nitrogen and oxygen atoms in total. The third-order valence-corrected chi connectivity index (χ3v) is 3.61. The first kappa shape index (κ1) is 13.5. The van der Waals surface area contributed by atoms with Gasteiger partial charge in [0.15, 0.2) is 5.78 Å². The summed E-state index contributed by atoms with van der Waals surface area (Å²) in [6, 6.07) is 14.1. The van der Waals surface area contributed by atoms with Gasteiger partial charge in [-0.05, 0) is 24.8 Å². The highest BCUT2D eigenvalue weighted by Crippen LogP contribution is 2.19. The molecule has 0 unspecified atom stereocenters. The van der Waals surface area contributed by atoms with Gasteiger partial charge in [-0.3, -0.25) is 9.78 Å². The van der Waals surface area contributed by atoms with E-state index in [1.54, 1.807) is 12.4 Å². The largest absolute Gasteiger partial charge is 0.294 e. The van der Waals surface area contributed by atoms with Crippen molar-refractivity contribution in [1.29, 1.82) is 0 Å². The molecular formula is C19H17NO. The molecule has 104 valence electrons. The van der Waals surface area contributed by atoms with E-state index in [2.05, 4.69) is 37.0 Å². The standard InChI is InChI=1S/C19H17NO/c1-13-7-14(2)9-15(8-13)10-19(21)18-12-20-11-16-5-3-4-6-17(16)18/h3-9,11-12H,10H2,1-2H3. The van der Waals surface area contributed by atoms with Crippen LogP contribution in [0.15, 0.2) is 54.9 Å². The molecule has 0 radical (unpaired) electrons. The molecule has 21 heavy (non-hydrogen) atoms. The van der Waals surface area contributed by atoms with E-state index < -0.39 is 0 Å². The fraction of sp³-hybridized carbons (Fsp3) is 0.158. The molecule has 0 N–H and O–H groups in total. The topological polar surface area (TPSA) is 30.0 Å². The number of benzene rings is 2. The van der Waals surface area contributed by atoms with Gasteiger partial charge in [0.25, 0.3) is 0 Å². The fourth-order valence-electron chi connectivity index (χ4n) is 2.79. The molecule has 0 aliphatic carbocycles. The monoisotopic (exact) mass is 275 g/mol. The summed E-state index contributed by atoms with van der Waals surface area (Å²) in [6.07, 6.45) is 3.88. The molecule has 3 aromatic rings. The Morgan fingerprint density at radius 3 is 2.48 bits per heavy atom. The molecule has 0 aliphatic heterocycles. The number of carbonyl (C=O) groups is 1. The Balaban J connectivity index is 1.97. The lowest BCUT2D eigenvalue weighted by molar-refractivity contribution is 0.0994. The van der Waals surface area contributed by atoms with Crippen molar-refractivity contribution in [2.45, 2.75) is 20.3 Å². The molecule has 1 heterocycles. The smallest absolute Gasteiger partial charge is 0.169 e. The van der Waals surface area contributed by atoms with Gasteiger partial charge in [-0.15, -0.1) is 0 Å². The Bertz CT molecular complexity index is 795. The van der Waals surface area contributed by atoms with E-state index in [4.69, 9.17) is 0 Å². The van der Waals surface area contributed by atoms with E-state index in [9.17, 15) is 4.79 Å². The second kappa shape index (κ2) is 5.49. The van der Waals surface area contributed by atoms with Crippen LogP contribution in [0, 0.1) is 13.8 Å². The third kappa shape index (κ3) is 2.84. The van der Waals surface area contributed by atoms with Gasteiger partial charge in [0, 0.05) is 29.8 Å². The lowest BCUT2D eigenvalue weighted by atomic mass is 9.98. The number of fused-ring (bicyclic) bond motifs is 1. The normalized spacial score (nSPS) is 10.8. The molecule has 0 saturated carbocycles. The van der Waals surface area contributed by atoms with Crippen LogP contribution in [0.5, 0.6) is 0 Å². The van der Waals surface area contributed by atoms with Gasteiger partial charge < -0.3 is 0 Å². The van der Waals surface area contributed by atoms with E-state index in [1.807, 2.05) is 24.3 Å². The number of rotatable bonds is 3. The van der Waals surface area contributed by atoms with Crippen LogP contribution >= 0.6 is 0 Å². The van der Waals surface area contributed by atoms with Gasteiger partial charge >= 0.3 is 0 Å². The van der Waals surface area contributed by atoms with Crippen molar-refractivity contribution in [2.75, 3.05) is 0 Å². The van der Waals surface area contributed by atoms with Crippen molar-refractivity contribution < 1.29 is 4.79 Å². The number of hydrogen-bond acceptors (Lipinski definition) is 2. The number of nitrogens with zero attached hydrogens (tertiary/aromatic N) is 1. The summed E-state index contributed by atoms with van der Waals surface area (Å²) >= 11 is 0. The minimum atomic E-state index is 0.115. The fourth-order valence-corrected chi connectivity index (χ4v) is 2.79. The lowest BCUT2D eigenvalue weighted by Crippen LogP contribution is -2.05. The molecule has 1 aromatic heterocycles. The predicted molar refractivity (Wildman–Crippen MR) is 85.7 cm³/mol. The second-order valence-corrected chi connectivity index (χ2v) is 5.50. The number of carbonyl (C=O) groups excluding carboxylic acids is 1. The summed E-state index contributed by atoms with van der Waals surface area (Å²) in [5, 5.41) is 1.98. The highest BCUT2D eigenvalue weighted by Gasteiger charge is 2.11. The minimum absolute atomic E-state index is 0.115. The van der Waals surface area contributed by atoms with Crippen molar-refractivity contribution in [3.63, 3.8) is 0 Å². The molecule has 0 spiro atoms. The van der Waals surface area contributed by atoms with Crippen LogP contribution in [0.2, 0.25) is 0 Å². The van der Waals surface area contributed by atoms with Crippen LogP contribution < -0.4 is 0 Å². The molecule has 2 heteroatoms. The first-order valence-corrected chi connectivity index (χ1v) is 7.06. The van der Waals surface area contributed by atoms with Gasteiger partial charge in [-0.2, -0.15) is 0 Å². The molecule has 0 saturated heterocycles. The van der Waals surface area contributed by atoms with Gasteiger partial charge in [0.2, 0.25) is 0 Å². The van der Waals surface area contributed by atoms with E-state index >= 15 is 0 Å². The molecule has 0 atom stereocenters. The third-order valence-electron chi connectivity index (χ3n) is 3.61. The Hall–Kier alpha value is -2.48. The average Bonchev–Trinajstić information content (AvgIpc) is 2.45. The van der Waals surface area contributed by atoms with Crippen molar-refractivity contribution in [1.82, 2.24) is 4.98 Å². The summed E-state index contributed by atoms with van der Waals surface area (Å²) in [4.78, 5) is 16.8. The van der Waals surface area contributed by atoms with Gasteiger partial charge in [-0.1, -0.05) is 53.6 Å². The molecule has 3 rings (SSSR count). The Morgan fingerprint density at radius 1 is 1.00 bits per heavy atom. The summed E-state index contributed by atoms with van der Waals surface area (Å²) in [5.74, 6) is 0.115. The quantitative estimate of drug-likeness (QED) is 0.668. The Morgan fingerprint density at radius 2 is 1.71 bits per heavy atom. The zero-order valence-electron chi connectivity index (χ0n) is 12.3. The molecule has 0 fully saturated rings. The number of ketones is 1. The number of Topliss-reactive ketones (excluding diaryl/α,β-unsaturated/α-hetero) is 1. The summed E-state index contributed by atoms with van der Waals surface area (Å²) in [7, 11) is 0.